The van der Waals surface area contributed by atoms with Gasteiger partial charge in [-0.15, -0.1) is 0 Å². The van der Waals surface area contributed by atoms with Gasteiger partial charge < -0.3 is 5.32 Å². The lowest BCUT2D eigenvalue weighted by molar-refractivity contribution is -0.142. The summed E-state index contributed by atoms with van der Waals surface area (Å²) in [6.45, 7) is 7.82. The van der Waals surface area contributed by atoms with Crippen LogP contribution >= 0.6 is 0 Å². The third-order valence-corrected chi connectivity index (χ3v) is 5.32. The Balaban J connectivity index is 1.68. The second kappa shape index (κ2) is 6.33. The molecule has 1 aromatic heterocycles. The van der Waals surface area contributed by atoms with Gasteiger partial charge in [-0.25, -0.2) is 0 Å². The number of rotatable bonds is 5. The van der Waals surface area contributed by atoms with E-state index in [1.807, 2.05) is 6.92 Å². The number of alkyl halides is 3. The lowest BCUT2D eigenvalue weighted by Crippen LogP contribution is -2.35. The Morgan fingerprint density at radius 3 is 2.54 bits per heavy atom. The number of hydrogen-bond donors (Lipinski definition) is 1. The van der Waals surface area contributed by atoms with Crippen LogP contribution in [0.15, 0.2) is 0 Å². The third-order valence-electron chi connectivity index (χ3n) is 5.32. The molecule has 24 heavy (non-hydrogen) atoms. The van der Waals surface area contributed by atoms with Crippen molar-refractivity contribution in [2.24, 2.45) is 0 Å². The molecule has 0 radical (unpaired) electrons. The monoisotopic (exact) mass is 344 g/mol. The number of nitrogens with zero attached hydrogens (tertiary/aromatic N) is 3. The zero-order chi connectivity index (χ0) is 17.6. The minimum atomic E-state index is -4.25. The Bertz CT molecular complexity index is 591. The van der Waals surface area contributed by atoms with Crippen molar-refractivity contribution in [2.75, 3.05) is 6.54 Å². The van der Waals surface area contributed by atoms with E-state index >= 15 is 0 Å². The number of nitrogens with one attached hydrogen (secondary N) is 1. The van der Waals surface area contributed by atoms with Crippen LogP contribution < -0.4 is 5.32 Å². The predicted molar refractivity (Wildman–Crippen MR) is 86.9 cm³/mol. The third kappa shape index (κ3) is 3.77. The van der Waals surface area contributed by atoms with Crippen LogP contribution in [0.3, 0.4) is 0 Å². The van der Waals surface area contributed by atoms with E-state index in [2.05, 4.69) is 22.2 Å². The summed E-state index contributed by atoms with van der Waals surface area (Å²) in [4.78, 5) is 2.57. The fourth-order valence-corrected chi connectivity index (χ4v) is 4.19. The van der Waals surface area contributed by atoms with Crippen LogP contribution in [-0.4, -0.2) is 45.5 Å². The molecule has 7 heteroatoms. The van der Waals surface area contributed by atoms with E-state index in [0.717, 1.165) is 29.3 Å². The Morgan fingerprint density at radius 2 is 1.96 bits per heavy atom. The predicted octanol–water partition coefficient (Wildman–Crippen LogP) is 3.34. The summed E-state index contributed by atoms with van der Waals surface area (Å²) in [5.41, 5.74) is 2.19. The topological polar surface area (TPSA) is 33.1 Å². The zero-order valence-electron chi connectivity index (χ0n) is 14.8. The van der Waals surface area contributed by atoms with Crippen LogP contribution in [-0.2, 0) is 6.54 Å². The highest BCUT2D eigenvalue weighted by molar-refractivity contribution is 5.28. The SMILES string of the molecule is Cc1nn(CC(F)(F)F)c(C)c1[C@H](C)N[C@H]1C[C@H](C)N(C2CC2)C1. The molecule has 0 unspecified atom stereocenters. The first kappa shape index (κ1) is 17.7. The van der Waals surface area contributed by atoms with E-state index in [9.17, 15) is 13.2 Å². The number of likely N-dealkylation sites (tertiary alicyclic amines) is 1. The van der Waals surface area contributed by atoms with Crippen LogP contribution in [0.1, 0.15) is 56.1 Å². The quantitative estimate of drug-likeness (QED) is 0.889. The van der Waals surface area contributed by atoms with Gasteiger partial charge in [0, 0.05) is 42.0 Å². The highest BCUT2D eigenvalue weighted by Crippen LogP contribution is 2.34. The van der Waals surface area contributed by atoms with E-state index in [4.69, 9.17) is 0 Å². The van der Waals surface area contributed by atoms with E-state index in [1.54, 1.807) is 13.8 Å². The number of aromatic nitrogens is 2. The maximum absolute atomic E-state index is 12.7. The minimum absolute atomic E-state index is 0.00309. The van der Waals surface area contributed by atoms with Crippen LogP contribution in [0.5, 0.6) is 0 Å². The number of hydrogen-bond acceptors (Lipinski definition) is 3. The molecular weight excluding hydrogens is 317 g/mol. The first-order valence-corrected chi connectivity index (χ1v) is 8.78. The molecule has 4 nitrogen and oxygen atoms in total. The highest BCUT2D eigenvalue weighted by Gasteiger charge is 2.39. The van der Waals surface area contributed by atoms with Crippen molar-refractivity contribution >= 4 is 0 Å². The maximum Gasteiger partial charge on any atom is 0.408 e. The smallest absolute Gasteiger partial charge is 0.306 e. The average molecular weight is 344 g/mol. The molecule has 0 aromatic carbocycles. The van der Waals surface area contributed by atoms with Gasteiger partial charge in [-0.1, -0.05) is 0 Å². The molecule has 1 N–H and O–H groups in total. The van der Waals surface area contributed by atoms with Crippen molar-refractivity contribution < 1.29 is 13.2 Å². The molecule has 1 saturated carbocycles. The van der Waals surface area contributed by atoms with Gasteiger partial charge in [0.2, 0.25) is 0 Å². The number of aryl methyl sites for hydroxylation is 1. The van der Waals surface area contributed by atoms with Crippen molar-refractivity contribution in [3.8, 4) is 0 Å². The Morgan fingerprint density at radius 1 is 1.29 bits per heavy atom. The first-order chi connectivity index (χ1) is 11.2. The van der Waals surface area contributed by atoms with Crippen LogP contribution in [0.4, 0.5) is 13.2 Å². The Kier molecular flexibility index (Phi) is 4.68. The lowest BCUT2D eigenvalue weighted by Gasteiger charge is -2.21. The summed E-state index contributed by atoms with van der Waals surface area (Å²) in [5.74, 6) is 0. The van der Waals surface area contributed by atoms with Crippen molar-refractivity contribution in [2.45, 2.75) is 83.8 Å². The van der Waals surface area contributed by atoms with Gasteiger partial charge in [0.15, 0.2) is 0 Å². The van der Waals surface area contributed by atoms with Crippen molar-refractivity contribution in [3.63, 3.8) is 0 Å². The van der Waals surface area contributed by atoms with Gasteiger partial charge in [0.25, 0.3) is 0 Å². The molecule has 0 amide bonds. The summed E-state index contributed by atoms with van der Waals surface area (Å²) >= 11 is 0. The molecule has 1 aromatic rings. The maximum atomic E-state index is 12.7. The largest absolute Gasteiger partial charge is 0.408 e. The minimum Gasteiger partial charge on any atom is -0.306 e. The second-order valence-electron chi connectivity index (χ2n) is 7.46. The summed E-state index contributed by atoms with van der Waals surface area (Å²) in [6, 6.07) is 1.72. The van der Waals surface area contributed by atoms with Gasteiger partial charge in [-0.3, -0.25) is 9.58 Å². The Labute approximate surface area is 141 Å². The number of halogens is 3. The van der Waals surface area contributed by atoms with Crippen molar-refractivity contribution in [1.29, 1.82) is 0 Å². The molecule has 1 saturated heterocycles. The molecule has 2 aliphatic rings. The van der Waals surface area contributed by atoms with Crippen LogP contribution in [0.2, 0.25) is 0 Å². The van der Waals surface area contributed by atoms with Gasteiger partial charge in [-0.05, 0) is 47.0 Å². The van der Waals surface area contributed by atoms with Gasteiger partial charge >= 0.3 is 6.18 Å². The molecule has 3 rings (SSSR count). The fourth-order valence-electron chi connectivity index (χ4n) is 4.19. The molecule has 1 aliphatic heterocycles. The summed E-state index contributed by atoms with van der Waals surface area (Å²) in [7, 11) is 0. The average Bonchev–Trinajstić information content (AvgIpc) is 3.15. The second-order valence-corrected chi connectivity index (χ2v) is 7.46. The molecule has 3 atom stereocenters. The van der Waals surface area contributed by atoms with Crippen molar-refractivity contribution in [1.82, 2.24) is 20.0 Å². The molecular formula is C17H27F3N4. The highest BCUT2D eigenvalue weighted by atomic mass is 19.4. The molecule has 0 bridgehead atoms. The van der Waals surface area contributed by atoms with Crippen LogP contribution in [0, 0.1) is 13.8 Å². The summed E-state index contributed by atoms with van der Waals surface area (Å²) < 4.78 is 39.1. The first-order valence-electron chi connectivity index (χ1n) is 8.78. The molecule has 2 fully saturated rings. The van der Waals surface area contributed by atoms with Gasteiger partial charge in [0.1, 0.15) is 6.54 Å². The van der Waals surface area contributed by atoms with Crippen molar-refractivity contribution in [3.05, 3.63) is 17.0 Å². The van der Waals surface area contributed by atoms with E-state index in [0.29, 0.717) is 23.5 Å². The molecule has 0 spiro atoms. The van der Waals surface area contributed by atoms with Crippen LogP contribution in [0.25, 0.3) is 0 Å². The van der Waals surface area contributed by atoms with E-state index < -0.39 is 12.7 Å². The molecule has 136 valence electrons. The standard InChI is InChI=1S/C17H27F3N4/c1-10-7-14(8-23(10)15-5-6-15)21-11(2)16-12(3)22-24(13(16)4)9-17(18,19)20/h10-11,14-15,21H,5-9H2,1-4H3/t10-,11-,14-/m0/s1. The molecule has 2 heterocycles. The molecule has 1 aliphatic carbocycles. The zero-order valence-corrected chi connectivity index (χ0v) is 14.8. The normalized spacial score (nSPS) is 27.0. The fraction of sp³-hybridized carbons (Fsp3) is 0.824. The lowest BCUT2D eigenvalue weighted by atomic mass is 10.0. The van der Waals surface area contributed by atoms with E-state index in [1.165, 1.54) is 12.8 Å². The van der Waals surface area contributed by atoms with Gasteiger partial charge in [-0.2, -0.15) is 18.3 Å². The van der Waals surface area contributed by atoms with Gasteiger partial charge in [0.05, 0.1) is 5.69 Å². The Hall–Kier alpha value is -1.08. The summed E-state index contributed by atoms with van der Waals surface area (Å²) in [5, 5.41) is 7.73. The van der Waals surface area contributed by atoms with E-state index in [-0.39, 0.29) is 6.04 Å². The summed E-state index contributed by atoms with van der Waals surface area (Å²) in [6.07, 6.45) is -0.553.